The van der Waals surface area contributed by atoms with Crippen LogP contribution in [-0.2, 0) is 6.54 Å². The molecule has 0 aliphatic carbocycles. The van der Waals surface area contributed by atoms with Gasteiger partial charge in [-0.3, -0.25) is 9.36 Å². The highest BCUT2D eigenvalue weighted by atomic mass is 32.2. The lowest BCUT2D eigenvalue weighted by Crippen LogP contribution is -2.28. The van der Waals surface area contributed by atoms with Gasteiger partial charge in [0.25, 0.3) is 5.56 Å². The minimum atomic E-state index is 0.0922. The second kappa shape index (κ2) is 3.77. The molecule has 0 saturated carbocycles. The number of thioether (sulfide) groups is 1. The van der Waals surface area contributed by atoms with Crippen LogP contribution >= 0.6 is 11.8 Å². The molecule has 0 spiro atoms. The van der Waals surface area contributed by atoms with Gasteiger partial charge in [0.05, 0.1) is 0 Å². The van der Waals surface area contributed by atoms with E-state index in [1.807, 2.05) is 6.92 Å². The lowest BCUT2D eigenvalue weighted by Gasteiger charge is -2.23. The summed E-state index contributed by atoms with van der Waals surface area (Å²) in [7, 11) is 0. The fraction of sp³-hybridized carbons (Fsp3) is 0.600. The molecule has 0 amide bonds. The summed E-state index contributed by atoms with van der Waals surface area (Å²) in [6.07, 6.45) is 2.23. The van der Waals surface area contributed by atoms with Crippen LogP contribution in [0, 0.1) is 6.92 Å². The molecule has 1 aliphatic heterocycles. The van der Waals surface area contributed by atoms with Gasteiger partial charge in [-0.25, -0.2) is 4.98 Å². The molecule has 1 aromatic rings. The van der Waals surface area contributed by atoms with Crippen molar-refractivity contribution in [2.45, 2.75) is 43.6 Å². The van der Waals surface area contributed by atoms with E-state index in [4.69, 9.17) is 0 Å². The van der Waals surface area contributed by atoms with E-state index in [1.165, 1.54) is 0 Å². The summed E-state index contributed by atoms with van der Waals surface area (Å²) in [4.78, 5) is 16.0. The SMILES string of the molecule is CCC1CCn2c(nc(C)cc2=O)S1. The van der Waals surface area contributed by atoms with Crippen LogP contribution in [0.25, 0.3) is 0 Å². The number of aryl methyl sites for hydroxylation is 1. The van der Waals surface area contributed by atoms with E-state index in [1.54, 1.807) is 22.4 Å². The Bertz CT molecular complexity index is 400. The third-order valence-corrected chi connectivity index (χ3v) is 3.93. The van der Waals surface area contributed by atoms with Gasteiger partial charge in [-0.15, -0.1) is 0 Å². The third-order valence-electron chi connectivity index (χ3n) is 2.50. The van der Waals surface area contributed by atoms with Crippen LogP contribution in [0.2, 0.25) is 0 Å². The fourth-order valence-corrected chi connectivity index (χ4v) is 2.85. The van der Waals surface area contributed by atoms with Gasteiger partial charge < -0.3 is 0 Å². The number of fused-ring (bicyclic) bond motifs is 1. The van der Waals surface area contributed by atoms with Gasteiger partial charge >= 0.3 is 0 Å². The zero-order valence-electron chi connectivity index (χ0n) is 8.49. The summed E-state index contributed by atoms with van der Waals surface area (Å²) in [6.45, 7) is 4.88. The molecule has 0 aromatic carbocycles. The van der Waals surface area contributed by atoms with Crippen molar-refractivity contribution in [1.29, 1.82) is 0 Å². The molecular formula is C10H14N2OS. The minimum absolute atomic E-state index is 0.0922. The van der Waals surface area contributed by atoms with E-state index >= 15 is 0 Å². The third kappa shape index (κ3) is 1.71. The molecule has 1 aromatic heterocycles. The summed E-state index contributed by atoms with van der Waals surface area (Å²) in [6, 6.07) is 1.61. The fourth-order valence-electron chi connectivity index (χ4n) is 1.66. The van der Waals surface area contributed by atoms with E-state index < -0.39 is 0 Å². The van der Waals surface area contributed by atoms with Gasteiger partial charge in [0.15, 0.2) is 5.16 Å². The summed E-state index contributed by atoms with van der Waals surface area (Å²) in [5.74, 6) is 0. The second-order valence-corrected chi connectivity index (χ2v) is 4.87. The highest BCUT2D eigenvalue weighted by Crippen LogP contribution is 2.29. The largest absolute Gasteiger partial charge is 0.288 e. The van der Waals surface area contributed by atoms with Crippen LogP contribution in [0.5, 0.6) is 0 Å². The molecule has 0 N–H and O–H groups in total. The van der Waals surface area contributed by atoms with Crippen molar-refractivity contribution < 1.29 is 0 Å². The standard InChI is InChI=1S/C10H14N2OS/c1-3-8-4-5-12-9(13)6-7(2)11-10(12)14-8/h6,8H,3-5H2,1-2H3. The Kier molecular flexibility index (Phi) is 2.63. The van der Waals surface area contributed by atoms with Crippen molar-refractivity contribution in [3.8, 4) is 0 Å². The summed E-state index contributed by atoms with van der Waals surface area (Å²) in [5, 5.41) is 1.52. The molecule has 2 heterocycles. The van der Waals surface area contributed by atoms with Gasteiger partial charge in [-0.1, -0.05) is 18.7 Å². The molecule has 1 aliphatic rings. The summed E-state index contributed by atoms with van der Waals surface area (Å²) >= 11 is 1.74. The Morgan fingerprint density at radius 3 is 3.21 bits per heavy atom. The molecule has 4 heteroatoms. The first-order valence-electron chi connectivity index (χ1n) is 4.96. The quantitative estimate of drug-likeness (QED) is 0.663. The zero-order valence-corrected chi connectivity index (χ0v) is 9.30. The van der Waals surface area contributed by atoms with E-state index in [2.05, 4.69) is 11.9 Å². The highest BCUT2D eigenvalue weighted by molar-refractivity contribution is 7.99. The second-order valence-electron chi connectivity index (χ2n) is 3.61. The Hall–Kier alpha value is -0.770. The van der Waals surface area contributed by atoms with Crippen molar-refractivity contribution in [1.82, 2.24) is 9.55 Å². The van der Waals surface area contributed by atoms with Crippen LogP contribution in [-0.4, -0.2) is 14.8 Å². The first kappa shape index (κ1) is 9.77. The average Bonchev–Trinajstić information content (AvgIpc) is 2.16. The lowest BCUT2D eigenvalue weighted by atomic mass is 10.2. The van der Waals surface area contributed by atoms with Crippen LogP contribution in [0.1, 0.15) is 25.5 Å². The molecule has 3 nitrogen and oxygen atoms in total. The van der Waals surface area contributed by atoms with E-state index in [0.717, 1.165) is 30.2 Å². The van der Waals surface area contributed by atoms with Crippen molar-refractivity contribution in [3.63, 3.8) is 0 Å². The number of rotatable bonds is 1. The summed E-state index contributed by atoms with van der Waals surface area (Å²) < 4.78 is 1.78. The van der Waals surface area contributed by atoms with Gasteiger partial charge in [0, 0.05) is 23.6 Å². The molecular weight excluding hydrogens is 196 g/mol. The summed E-state index contributed by atoms with van der Waals surface area (Å²) in [5.41, 5.74) is 0.917. The maximum atomic E-state index is 11.6. The molecule has 0 radical (unpaired) electrons. The maximum absolute atomic E-state index is 11.6. The predicted octanol–water partition coefficient (Wildman–Crippen LogP) is 1.83. The van der Waals surface area contributed by atoms with Crippen molar-refractivity contribution in [3.05, 3.63) is 22.1 Å². The van der Waals surface area contributed by atoms with Gasteiger partial charge in [0.1, 0.15) is 0 Å². The molecule has 2 rings (SSSR count). The average molecular weight is 210 g/mol. The normalized spacial score (nSPS) is 20.6. The molecule has 0 saturated heterocycles. The highest BCUT2D eigenvalue weighted by Gasteiger charge is 2.19. The van der Waals surface area contributed by atoms with Crippen molar-refractivity contribution in [2.24, 2.45) is 0 Å². The minimum Gasteiger partial charge on any atom is -0.288 e. The molecule has 0 fully saturated rings. The van der Waals surface area contributed by atoms with Crippen LogP contribution in [0.3, 0.4) is 0 Å². The molecule has 0 bridgehead atoms. The monoisotopic (exact) mass is 210 g/mol. The first-order valence-corrected chi connectivity index (χ1v) is 5.84. The lowest BCUT2D eigenvalue weighted by molar-refractivity contribution is 0.516. The van der Waals surface area contributed by atoms with Gasteiger partial charge in [-0.05, 0) is 19.8 Å². The molecule has 1 unspecified atom stereocenters. The topological polar surface area (TPSA) is 34.9 Å². The smallest absolute Gasteiger partial charge is 0.254 e. The van der Waals surface area contributed by atoms with Crippen molar-refractivity contribution >= 4 is 11.8 Å². The zero-order chi connectivity index (χ0) is 10.1. The number of aromatic nitrogens is 2. The van der Waals surface area contributed by atoms with E-state index in [0.29, 0.717) is 5.25 Å². The number of hydrogen-bond acceptors (Lipinski definition) is 3. The van der Waals surface area contributed by atoms with Gasteiger partial charge in [0.2, 0.25) is 0 Å². The Labute approximate surface area is 87.5 Å². The van der Waals surface area contributed by atoms with Crippen LogP contribution in [0.15, 0.2) is 16.0 Å². The Morgan fingerprint density at radius 1 is 1.71 bits per heavy atom. The van der Waals surface area contributed by atoms with Gasteiger partial charge in [-0.2, -0.15) is 0 Å². The first-order chi connectivity index (χ1) is 6.70. The predicted molar refractivity (Wildman–Crippen MR) is 57.8 cm³/mol. The Balaban J connectivity index is 2.42. The van der Waals surface area contributed by atoms with Crippen LogP contribution < -0.4 is 5.56 Å². The number of hydrogen-bond donors (Lipinski definition) is 0. The van der Waals surface area contributed by atoms with Crippen molar-refractivity contribution in [2.75, 3.05) is 0 Å². The Morgan fingerprint density at radius 2 is 2.50 bits per heavy atom. The van der Waals surface area contributed by atoms with E-state index in [-0.39, 0.29) is 5.56 Å². The van der Waals surface area contributed by atoms with E-state index in [9.17, 15) is 4.79 Å². The maximum Gasteiger partial charge on any atom is 0.254 e. The molecule has 1 atom stereocenters. The molecule has 14 heavy (non-hydrogen) atoms. The number of nitrogens with zero attached hydrogens (tertiary/aromatic N) is 2. The molecule has 76 valence electrons. The van der Waals surface area contributed by atoms with Crippen LogP contribution in [0.4, 0.5) is 0 Å².